The van der Waals surface area contributed by atoms with Gasteiger partial charge in [-0.05, 0) is 66.4 Å². The number of phenolic OH excluding ortho intramolecular Hbond substituents is 1. The van der Waals surface area contributed by atoms with Gasteiger partial charge in [0.2, 0.25) is 5.75 Å². The Balaban J connectivity index is 1.32. The number of hydrogen-bond donors (Lipinski definition) is 5. The van der Waals surface area contributed by atoms with Crippen LogP contribution in [0.5, 0.6) is 17.2 Å². The first-order valence-corrected chi connectivity index (χ1v) is 13.3. The van der Waals surface area contributed by atoms with Crippen LogP contribution in [0.1, 0.15) is 34.1 Å². The number of ether oxygens (including phenoxy) is 2. The van der Waals surface area contributed by atoms with Gasteiger partial charge in [-0.25, -0.2) is 4.98 Å². The van der Waals surface area contributed by atoms with Crippen LogP contribution in [-0.2, 0) is 13.0 Å². The fraction of sp³-hybridized carbons (Fsp3) is 0.267. The van der Waals surface area contributed by atoms with Crippen molar-refractivity contribution < 1.29 is 19.4 Å². The van der Waals surface area contributed by atoms with Crippen LogP contribution in [0.3, 0.4) is 0 Å². The molecule has 0 unspecified atom stereocenters. The number of nitrogens with zero attached hydrogens (tertiary/aromatic N) is 3. The number of methoxy groups -OCH3 is 2. The monoisotopic (exact) mass is 555 g/mol. The highest BCUT2D eigenvalue weighted by Crippen LogP contribution is 2.37. The number of imidazole rings is 1. The van der Waals surface area contributed by atoms with Gasteiger partial charge in [-0.15, -0.1) is 0 Å². The van der Waals surface area contributed by atoms with E-state index in [1.54, 1.807) is 12.1 Å². The number of aromatic amines is 2. The minimum absolute atomic E-state index is 0.0598. The van der Waals surface area contributed by atoms with Crippen molar-refractivity contribution in [1.29, 1.82) is 0 Å². The van der Waals surface area contributed by atoms with E-state index in [9.17, 15) is 9.90 Å². The Hall–Kier alpha value is -4.90. The van der Waals surface area contributed by atoms with Crippen LogP contribution >= 0.6 is 0 Å². The molecule has 3 aromatic heterocycles. The lowest BCUT2D eigenvalue weighted by Crippen LogP contribution is -2.26. The number of rotatable bonds is 11. The molecule has 11 heteroatoms. The van der Waals surface area contributed by atoms with Crippen molar-refractivity contribution in [2.45, 2.75) is 26.8 Å². The van der Waals surface area contributed by atoms with Gasteiger partial charge in [0.1, 0.15) is 11.4 Å². The number of carbonyl (C=O) groups is 1. The maximum absolute atomic E-state index is 12.9. The first-order chi connectivity index (χ1) is 19.9. The number of phenols is 1. The number of aromatic nitrogens is 5. The number of H-pyrrole nitrogens is 2. The lowest BCUT2D eigenvalue weighted by Gasteiger charge is -2.11. The Kier molecular flexibility index (Phi) is 8.16. The van der Waals surface area contributed by atoms with E-state index in [1.807, 2.05) is 24.5 Å². The Morgan fingerprint density at radius 2 is 1.85 bits per heavy atom. The minimum atomic E-state index is -0.291. The zero-order valence-corrected chi connectivity index (χ0v) is 23.5. The number of fused-ring (bicyclic) bond motifs is 1. The van der Waals surface area contributed by atoms with Crippen LogP contribution in [0.2, 0.25) is 0 Å². The van der Waals surface area contributed by atoms with Crippen molar-refractivity contribution in [3.63, 3.8) is 0 Å². The lowest BCUT2D eigenvalue weighted by atomic mass is 9.98. The van der Waals surface area contributed by atoms with E-state index in [1.165, 1.54) is 26.0 Å². The molecule has 0 saturated carbocycles. The summed E-state index contributed by atoms with van der Waals surface area (Å²) in [6.07, 6.45) is 5.79. The molecule has 0 radical (unpaired) electrons. The molecule has 5 N–H and O–H groups in total. The van der Waals surface area contributed by atoms with E-state index in [-0.39, 0.29) is 11.7 Å². The number of carbonyl (C=O) groups excluding carboxylic acids is 1. The van der Waals surface area contributed by atoms with Crippen LogP contribution < -0.4 is 20.1 Å². The third kappa shape index (κ3) is 5.71. The van der Waals surface area contributed by atoms with Crippen molar-refractivity contribution in [1.82, 2.24) is 35.8 Å². The van der Waals surface area contributed by atoms with Crippen LogP contribution in [0.4, 0.5) is 0 Å². The second kappa shape index (κ2) is 12.1. The quantitative estimate of drug-likeness (QED) is 0.163. The normalized spacial score (nSPS) is 11.1. The van der Waals surface area contributed by atoms with Crippen LogP contribution in [0, 0.1) is 6.92 Å². The smallest absolute Gasteiger partial charge is 0.269 e. The maximum Gasteiger partial charge on any atom is 0.269 e. The third-order valence-electron chi connectivity index (χ3n) is 7.04. The third-order valence-corrected chi connectivity index (χ3v) is 7.04. The molecule has 1 amide bonds. The highest BCUT2D eigenvalue weighted by atomic mass is 16.5. The second-order valence-electron chi connectivity index (χ2n) is 9.58. The highest BCUT2D eigenvalue weighted by Gasteiger charge is 2.17. The lowest BCUT2D eigenvalue weighted by molar-refractivity contribution is 0.0949. The van der Waals surface area contributed by atoms with Crippen molar-refractivity contribution in [3.05, 3.63) is 71.3 Å². The summed E-state index contributed by atoms with van der Waals surface area (Å²) in [5, 5.41) is 24.8. The number of nitrogens with one attached hydrogen (secondary N) is 4. The van der Waals surface area contributed by atoms with Crippen LogP contribution in [-0.4, -0.2) is 63.5 Å². The van der Waals surface area contributed by atoms with E-state index in [2.05, 4.69) is 55.7 Å². The molecule has 5 rings (SSSR count). The molecule has 41 heavy (non-hydrogen) atoms. The first-order valence-electron chi connectivity index (χ1n) is 13.3. The first kappa shape index (κ1) is 27.7. The van der Waals surface area contributed by atoms with Crippen molar-refractivity contribution in [3.8, 4) is 39.9 Å². The number of benzene rings is 2. The second-order valence-corrected chi connectivity index (χ2v) is 9.58. The Bertz CT molecular complexity index is 1670. The number of hydrogen-bond acceptors (Lipinski definition) is 8. The average Bonchev–Trinajstić information content (AvgIpc) is 3.64. The van der Waals surface area contributed by atoms with Gasteiger partial charge in [0.15, 0.2) is 17.3 Å². The van der Waals surface area contributed by atoms with Gasteiger partial charge in [-0.3, -0.25) is 14.9 Å². The number of aromatic hydroxyl groups is 1. The molecule has 11 nitrogen and oxygen atoms in total. The molecule has 0 bridgehead atoms. The summed E-state index contributed by atoms with van der Waals surface area (Å²) in [6.45, 7) is 6.20. The van der Waals surface area contributed by atoms with E-state index in [0.29, 0.717) is 41.7 Å². The minimum Gasteiger partial charge on any atom is -0.502 e. The Morgan fingerprint density at radius 3 is 2.59 bits per heavy atom. The van der Waals surface area contributed by atoms with Gasteiger partial charge in [0.25, 0.3) is 5.91 Å². The van der Waals surface area contributed by atoms with Gasteiger partial charge in [-0.2, -0.15) is 5.10 Å². The zero-order valence-electron chi connectivity index (χ0n) is 23.5. The molecule has 0 aliphatic heterocycles. The average molecular weight is 556 g/mol. The van der Waals surface area contributed by atoms with Gasteiger partial charge in [0.05, 0.1) is 25.9 Å². The molecule has 0 saturated heterocycles. The molecule has 0 aliphatic rings. The fourth-order valence-corrected chi connectivity index (χ4v) is 4.72. The molecule has 2 aromatic carbocycles. The van der Waals surface area contributed by atoms with Crippen molar-refractivity contribution in [2.75, 3.05) is 27.3 Å². The molecule has 0 atom stereocenters. The summed E-state index contributed by atoms with van der Waals surface area (Å²) in [5.74, 6) is 0.760. The topological polar surface area (TPSA) is 150 Å². The number of amides is 1. The van der Waals surface area contributed by atoms with Crippen LogP contribution in [0.25, 0.3) is 33.5 Å². The Labute approximate surface area is 237 Å². The fourth-order valence-electron chi connectivity index (χ4n) is 4.72. The van der Waals surface area contributed by atoms with E-state index in [0.717, 1.165) is 46.2 Å². The predicted molar refractivity (Wildman–Crippen MR) is 156 cm³/mol. The largest absolute Gasteiger partial charge is 0.502 e. The van der Waals surface area contributed by atoms with E-state index < -0.39 is 0 Å². The number of pyridine rings is 1. The van der Waals surface area contributed by atoms with E-state index >= 15 is 0 Å². The molecule has 0 aliphatic carbocycles. The van der Waals surface area contributed by atoms with Gasteiger partial charge >= 0.3 is 0 Å². The molecule has 0 fully saturated rings. The SMILES string of the molecule is CCNCc1cncc(-c2ccc3[nH]nc(-c4ncc(C(=O)NCCc5cc(OC)c(O)c(OC)c5)[nH]4)c3c2)c1C. The molecule has 3 heterocycles. The molecule has 5 aromatic rings. The predicted octanol–water partition coefficient (Wildman–Crippen LogP) is 4.13. The summed E-state index contributed by atoms with van der Waals surface area (Å²) in [4.78, 5) is 24.9. The maximum atomic E-state index is 12.9. The molecular formula is C30H33N7O4. The molecule has 0 spiro atoms. The van der Waals surface area contributed by atoms with Gasteiger partial charge < -0.3 is 30.2 Å². The van der Waals surface area contributed by atoms with Crippen molar-refractivity contribution >= 4 is 16.8 Å². The van der Waals surface area contributed by atoms with Crippen LogP contribution in [0.15, 0.2) is 48.9 Å². The molecular weight excluding hydrogens is 522 g/mol. The summed E-state index contributed by atoms with van der Waals surface area (Å²) < 4.78 is 10.4. The standard InChI is InChI=1S/C30H33N7O4/c1-5-31-13-20-14-32-15-22(17(20)2)19-6-7-23-21(12-19)27(37-36-23)29-34-16-24(35-29)30(39)33-9-8-18-10-25(40-3)28(38)26(11-18)41-4/h6-7,10-12,14-16,31,38H,5,8-9,13H2,1-4H3,(H,33,39)(H,34,35)(H,36,37). The summed E-state index contributed by atoms with van der Waals surface area (Å²) >= 11 is 0. The summed E-state index contributed by atoms with van der Waals surface area (Å²) in [6, 6.07) is 9.53. The zero-order chi connectivity index (χ0) is 28.9. The highest BCUT2D eigenvalue weighted by molar-refractivity contribution is 5.96. The molecule has 212 valence electrons. The Morgan fingerprint density at radius 1 is 1.07 bits per heavy atom. The summed E-state index contributed by atoms with van der Waals surface area (Å²) in [5.41, 5.74) is 7.06. The van der Waals surface area contributed by atoms with Gasteiger partial charge in [0, 0.05) is 36.4 Å². The van der Waals surface area contributed by atoms with Crippen molar-refractivity contribution in [2.24, 2.45) is 0 Å². The van der Waals surface area contributed by atoms with Gasteiger partial charge in [-0.1, -0.05) is 13.0 Å². The van der Waals surface area contributed by atoms with E-state index in [4.69, 9.17) is 9.47 Å². The summed E-state index contributed by atoms with van der Waals surface area (Å²) in [7, 11) is 2.95.